The van der Waals surface area contributed by atoms with Crippen LogP contribution >= 0.6 is 0 Å². The van der Waals surface area contributed by atoms with Crippen LogP contribution in [0, 0.1) is 26.0 Å². The van der Waals surface area contributed by atoms with E-state index in [1.54, 1.807) is 0 Å². The maximum atomic E-state index is 6.59. The van der Waals surface area contributed by atoms with Crippen LogP contribution in [0.5, 0.6) is 0 Å². The minimum atomic E-state index is -1.23. The molecule has 0 atom stereocenters. The van der Waals surface area contributed by atoms with Gasteiger partial charge in [-0.25, -0.2) is 0 Å². The number of pyridine rings is 2. The Kier molecular flexibility index (Phi) is 12.0. The third-order valence-corrected chi connectivity index (χ3v) is 12.9. The Balaban J connectivity index is 0.000000262. The van der Waals surface area contributed by atoms with Crippen molar-refractivity contribution in [2.45, 2.75) is 73.0 Å². The van der Waals surface area contributed by atoms with Gasteiger partial charge in [-0.3, -0.25) is 9.97 Å². The summed E-state index contributed by atoms with van der Waals surface area (Å²) >= 11 is 0. The Morgan fingerprint density at radius 1 is 0.712 bits per heavy atom. The number of rotatable bonds is 7. The van der Waals surface area contributed by atoms with Crippen molar-refractivity contribution in [3.8, 4) is 39.5 Å². The van der Waals surface area contributed by atoms with Gasteiger partial charge in [-0.1, -0.05) is 120 Å². The number of hydrogen-bond donors (Lipinski definition) is 0. The van der Waals surface area contributed by atoms with Crippen LogP contribution in [0.2, 0.25) is 19.6 Å². The first kappa shape index (κ1) is 41.7. The van der Waals surface area contributed by atoms with E-state index in [9.17, 15) is 0 Å². The molecule has 0 aliphatic carbocycles. The Labute approximate surface area is 363 Å². The van der Waals surface area contributed by atoms with Crippen molar-refractivity contribution < 1.29 is 24.5 Å². The summed E-state index contributed by atoms with van der Waals surface area (Å²) in [5.41, 5.74) is 14.8. The number of imidazole rings is 1. The fourth-order valence-corrected chi connectivity index (χ4v) is 8.76. The second-order valence-corrected chi connectivity index (χ2v) is 21.9. The van der Waals surface area contributed by atoms with E-state index in [0.717, 1.165) is 66.9 Å². The van der Waals surface area contributed by atoms with Gasteiger partial charge in [-0.05, 0) is 76.2 Å². The van der Waals surface area contributed by atoms with E-state index in [1.165, 1.54) is 33.1 Å². The fraction of sp³-hybridized carbons (Fsp3) is 0.212. The van der Waals surface area contributed by atoms with Crippen LogP contribution < -0.4 is 5.19 Å². The summed E-state index contributed by atoms with van der Waals surface area (Å²) in [4.78, 5) is 14.4. The van der Waals surface area contributed by atoms with E-state index in [4.69, 9.17) is 9.40 Å². The second kappa shape index (κ2) is 17.0. The number of fused-ring (bicyclic) bond motifs is 4. The van der Waals surface area contributed by atoms with Gasteiger partial charge in [-0.15, -0.1) is 53.6 Å². The molecule has 0 aliphatic heterocycles. The number of para-hydroxylation sites is 2. The van der Waals surface area contributed by atoms with Crippen LogP contribution in [-0.4, -0.2) is 27.6 Å². The molecule has 0 saturated carbocycles. The summed E-state index contributed by atoms with van der Waals surface area (Å²) in [6.45, 7) is 20.2. The van der Waals surface area contributed by atoms with Gasteiger partial charge in [0.1, 0.15) is 5.58 Å². The minimum Gasteiger partial charge on any atom is -0.500 e. The van der Waals surface area contributed by atoms with Crippen LogP contribution in [0.1, 0.15) is 61.9 Å². The predicted molar refractivity (Wildman–Crippen MR) is 245 cm³/mol. The van der Waals surface area contributed by atoms with Gasteiger partial charge in [0.2, 0.25) is 0 Å². The van der Waals surface area contributed by atoms with Crippen molar-refractivity contribution >= 4 is 46.2 Å². The molecular formula is C52H50IrN4OSi-2. The molecule has 4 heterocycles. The van der Waals surface area contributed by atoms with Gasteiger partial charge in [0.15, 0.2) is 0 Å². The first-order valence-electron chi connectivity index (χ1n) is 20.2. The maximum Gasteiger partial charge on any atom is 0.124 e. The first-order valence-corrected chi connectivity index (χ1v) is 23.7. The molecule has 0 unspecified atom stereocenters. The van der Waals surface area contributed by atoms with Crippen LogP contribution in [0.4, 0.5) is 0 Å². The summed E-state index contributed by atoms with van der Waals surface area (Å²) in [7, 11) is -1.23. The third-order valence-electron chi connectivity index (χ3n) is 10.9. The van der Waals surface area contributed by atoms with E-state index in [-0.39, 0.29) is 31.9 Å². The number of furan rings is 1. The molecular weight excluding hydrogens is 917 g/mol. The molecule has 0 bridgehead atoms. The van der Waals surface area contributed by atoms with E-state index in [1.807, 2.05) is 49.6 Å². The standard InChI is InChI=1S/C38H34N3O.C14H16NSi.Ir/c1-22(2)29-19-27(26-12-8-7-9-13-26)20-30(23(3)4)36(29)41-33-15-11-10-14-32(33)40-38(41)28-17-16-24(5)35-31-21-39-25(6)18-34(31)42-37(28)35;1-16(2,3)13-9-10-14(15-11-13)12-7-5-4-6-8-12;/h7-16,18-23H,1-6H3;4-7,9-11H,1-3H3;/q2*-1;. The molecule has 4 aromatic heterocycles. The fourth-order valence-electron chi connectivity index (χ4n) is 7.73. The van der Waals surface area contributed by atoms with Gasteiger partial charge in [0, 0.05) is 55.3 Å². The van der Waals surface area contributed by atoms with Gasteiger partial charge >= 0.3 is 0 Å². The van der Waals surface area contributed by atoms with Gasteiger partial charge < -0.3 is 14.0 Å². The number of hydrogen-bond acceptors (Lipinski definition) is 4. The molecule has 0 aliphatic rings. The summed E-state index contributed by atoms with van der Waals surface area (Å²) in [5.74, 6) is 1.41. The van der Waals surface area contributed by atoms with Crippen molar-refractivity contribution in [2.24, 2.45) is 0 Å². The number of nitrogens with zero attached hydrogens (tertiary/aromatic N) is 4. The molecule has 5 aromatic carbocycles. The smallest absolute Gasteiger partial charge is 0.124 e. The minimum absolute atomic E-state index is 0. The molecule has 299 valence electrons. The Hall–Kier alpha value is -5.46. The van der Waals surface area contributed by atoms with Gasteiger partial charge in [-0.2, -0.15) is 0 Å². The zero-order chi connectivity index (χ0) is 40.7. The average Bonchev–Trinajstić information content (AvgIpc) is 3.80. The number of benzene rings is 5. The summed E-state index contributed by atoms with van der Waals surface area (Å²) < 4.78 is 8.95. The van der Waals surface area contributed by atoms with Crippen LogP contribution in [-0.2, 0) is 20.1 Å². The second-order valence-electron chi connectivity index (χ2n) is 16.9. The largest absolute Gasteiger partial charge is 0.500 e. The molecule has 59 heavy (non-hydrogen) atoms. The summed E-state index contributed by atoms with van der Waals surface area (Å²) in [6.07, 6.45) is 3.94. The topological polar surface area (TPSA) is 56.7 Å². The van der Waals surface area contributed by atoms with Crippen LogP contribution in [0.3, 0.4) is 0 Å². The molecule has 0 N–H and O–H groups in total. The number of aromatic nitrogens is 4. The molecule has 9 aromatic rings. The maximum absolute atomic E-state index is 6.59. The Morgan fingerprint density at radius 2 is 1.41 bits per heavy atom. The van der Waals surface area contributed by atoms with Crippen molar-refractivity contribution in [1.29, 1.82) is 0 Å². The molecule has 9 rings (SSSR count). The first-order chi connectivity index (χ1) is 27.9. The van der Waals surface area contributed by atoms with E-state index in [0.29, 0.717) is 0 Å². The number of aryl methyl sites for hydroxylation is 2. The molecule has 5 nitrogen and oxygen atoms in total. The molecule has 1 radical (unpaired) electrons. The molecule has 0 spiro atoms. The van der Waals surface area contributed by atoms with E-state index in [2.05, 4.69) is 166 Å². The van der Waals surface area contributed by atoms with Crippen molar-refractivity contribution in [1.82, 2.24) is 19.5 Å². The SMILES string of the molecule is C[Si](C)(C)c1ccc(-c2[c-]cccc2)nc1.Cc1cc2oc3c(-c4nc5ccccc5n4-c4c(C(C)C)cc(-c5ccccc5)cc4C(C)C)[c-]cc(C)c3c2cn1.[Ir]. The monoisotopic (exact) mass is 967 g/mol. The Morgan fingerprint density at radius 3 is 2.05 bits per heavy atom. The van der Waals surface area contributed by atoms with Crippen molar-refractivity contribution in [3.05, 3.63) is 162 Å². The molecule has 7 heteroatoms. The average molecular weight is 967 g/mol. The predicted octanol–water partition coefficient (Wildman–Crippen LogP) is 13.4. The molecule has 0 saturated heterocycles. The van der Waals surface area contributed by atoms with E-state index >= 15 is 0 Å². The molecule has 0 amide bonds. The molecule has 0 fully saturated rings. The summed E-state index contributed by atoms with van der Waals surface area (Å²) in [5, 5.41) is 3.48. The van der Waals surface area contributed by atoms with Gasteiger partial charge in [0.25, 0.3) is 0 Å². The quantitative estimate of drug-likeness (QED) is 0.118. The van der Waals surface area contributed by atoms with Crippen molar-refractivity contribution in [3.63, 3.8) is 0 Å². The zero-order valence-electron chi connectivity index (χ0n) is 35.3. The van der Waals surface area contributed by atoms with Crippen molar-refractivity contribution in [2.75, 3.05) is 0 Å². The van der Waals surface area contributed by atoms with E-state index < -0.39 is 8.07 Å². The summed E-state index contributed by atoms with van der Waals surface area (Å²) in [6, 6.07) is 46.9. The third kappa shape index (κ3) is 8.25. The zero-order valence-corrected chi connectivity index (χ0v) is 38.7. The normalized spacial score (nSPS) is 11.6. The van der Waals surface area contributed by atoms with Gasteiger partial charge in [0.05, 0.1) is 30.5 Å². The van der Waals surface area contributed by atoms with Crippen LogP contribution in [0.15, 0.2) is 132 Å². The Bertz CT molecular complexity index is 2860. The van der Waals surface area contributed by atoms with Crippen LogP contribution in [0.25, 0.3) is 72.4 Å².